The molecule has 0 saturated carbocycles. The Morgan fingerprint density at radius 1 is 1.00 bits per heavy atom. The van der Waals surface area contributed by atoms with E-state index >= 15 is 0 Å². The van der Waals surface area contributed by atoms with Crippen molar-refractivity contribution in [1.82, 2.24) is 20.2 Å². The molecule has 1 N–H and O–H groups in total. The van der Waals surface area contributed by atoms with Crippen LogP contribution in [0.25, 0.3) is 0 Å². The number of anilines is 1. The van der Waals surface area contributed by atoms with Crippen molar-refractivity contribution in [3.63, 3.8) is 0 Å². The van der Waals surface area contributed by atoms with E-state index in [0.717, 1.165) is 37.6 Å². The molecule has 0 unspecified atom stereocenters. The highest BCUT2D eigenvalue weighted by Gasteiger charge is 2.36. The summed E-state index contributed by atoms with van der Waals surface area (Å²) in [5.74, 6) is 0.599. The lowest BCUT2D eigenvalue weighted by Gasteiger charge is -2.38. The number of piperazine rings is 1. The van der Waals surface area contributed by atoms with Crippen LogP contribution in [-0.2, 0) is 5.54 Å². The van der Waals surface area contributed by atoms with Crippen molar-refractivity contribution in [2.24, 2.45) is 0 Å². The van der Waals surface area contributed by atoms with Crippen LogP contribution in [0.5, 0.6) is 0 Å². The summed E-state index contributed by atoms with van der Waals surface area (Å²) in [6.45, 7) is 14.5. The van der Waals surface area contributed by atoms with E-state index in [4.69, 9.17) is 0 Å². The van der Waals surface area contributed by atoms with Crippen molar-refractivity contribution in [2.45, 2.75) is 46.2 Å². The second-order valence-corrected chi connectivity index (χ2v) is 9.47. The van der Waals surface area contributed by atoms with Gasteiger partial charge in [0.1, 0.15) is 5.82 Å². The van der Waals surface area contributed by atoms with Crippen LogP contribution in [0.3, 0.4) is 0 Å². The maximum absolute atomic E-state index is 13.7. The van der Waals surface area contributed by atoms with Crippen LogP contribution in [0, 0.1) is 19.7 Å². The van der Waals surface area contributed by atoms with Crippen LogP contribution in [0.1, 0.15) is 49.3 Å². The third-order valence-corrected chi connectivity index (χ3v) is 6.32. The van der Waals surface area contributed by atoms with E-state index in [9.17, 15) is 4.39 Å². The zero-order valence-electron chi connectivity index (χ0n) is 19.1. The summed E-state index contributed by atoms with van der Waals surface area (Å²) in [6.07, 6.45) is 0. The molecule has 1 saturated heterocycles. The van der Waals surface area contributed by atoms with Crippen molar-refractivity contribution < 1.29 is 9.29 Å². The zero-order valence-corrected chi connectivity index (χ0v) is 19.1. The molecule has 1 aromatic heterocycles. The largest absolute Gasteiger partial charge is 0.360 e. The zero-order chi connectivity index (χ0) is 22.2. The molecule has 0 bridgehead atoms. The van der Waals surface area contributed by atoms with Gasteiger partial charge >= 0.3 is 0 Å². The number of hydrogen-bond acceptors (Lipinski definition) is 4. The van der Waals surface area contributed by atoms with Gasteiger partial charge in [-0.25, -0.2) is 9.07 Å². The fraction of sp³-hybridized carbons (Fsp3) is 0.458. The van der Waals surface area contributed by atoms with Crippen molar-refractivity contribution in [1.29, 1.82) is 0 Å². The minimum Gasteiger partial charge on any atom is -0.360 e. The number of tetrazole rings is 1. The number of halogens is 1. The number of hydrogen-bond donors (Lipinski definition) is 1. The Hall–Kier alpha value is -2.80. The standard InChI is InChI=1S/C24H31FN6/c1-17-7-6-8-21(18(17)2)29-13-15-30(16-14-29)22(19-9-11-20(25)12-10-19)23-26-27-28-31(23)24(3,4)5/h6-12,22H,13-16H2,1-5H3/p+1/t22-/m0/s1. The maximum atomic E-state index is 13.7. The average Bonchev–Trinajstić information content (AvgIpc) is 3.22. The van der Waals surface area contributed by atoms with E-state index in [-0.39, 0.29) is 17.4 Å². The van der Waals surface area contributed by atoms with Crippen molar-refractivity contribution in [2.75, 3.05) is 31.1 Å². The van der Waals surface area contributed by atoms with Gasteiger partial charge in [0.05, 0.1) is 31.7 Å². The first kappa shape index (κ1) is 21.4. The third kappa shape index (κ3) is 4.32. The van der Waals surface area contributed by atoms with Gasteiger partial charge in [-0.15, -0.1) is 5.10 Å². The number of aromatic nitrogens is 4. The summed E-state index contributed by atoms with van der Waals surface area (Å²) in [4.78, 5) is 3.87. The lowest BCUT2D eigenvalue weighted by Crippen LogP contribution is -3.15. The smallest absolute Gasteiger partial charge is 0.214 e. The molecular formula is C24H32FN6+. The van der Waals surface area contributed by atoms with Crippen molar-refractivity contribution in [3.05, 3.63) is 70.8 Å². The summed E-state index contributed by atoms with van der Waals surface area (Å²) in [5, 5.41) is 12.7. The summed E-state index contributed by atoms with van der Waals surface area (Å²) >= 11 is 0. The van der Waals surface area contributed by atoms with Crippen LogP contribution in [0.15, 0.2) is 42.5 Å². The molecule has 3 aromatic rings. The lowest BCUT2D eigenvalue weighted by molar-refractivity contribution is -0.927. The molecule has 2 aromatic carbocycles. The van der Waals surface area contributed by atoms with Gasteiger partial charge in [-0.05, 0) is 86.5 Å². The molecule has 31 heavy (non-hydrogen) atoms. The minimum atomic E-state index is -0.239. The van der Waals surface area contributed by atoms with Gasteiger partial charge in [0.25, 0.3) is 0 Å². The number of rotatable bonds is 4. The van der Waals surface area contributed by atoms with Crippen LogP contribution in [0.2, 0.25) is 0 Å². The molecular weight excluding hydrogens is 391 g/mol. The Morgan fingerprint density at radius 3 is 2.32 bits per heavy atom. The molecule has 4 rings (SSSR count). The van der Waals surface area contributed by atoms with Gasteiger partial charge < -0.3 is 9.80 Å². The van der Waals surface area contributed by atoms with Gasteiger partial charge in [-0.2, -0.15) is 0 Å². The predicted molar refractivity (Wildman–Crippen MR) is 120 cm³/mol. The second kappa shape index (κ2) is 8.38. The molecule has 6 nitrogen and oxygen atoms in total. The number of nitrogens with zero attached hydrogens (tertiary/aromatic N) is 5. The van der Waals surface area contributed by atoms with Gasteiger partial charge in [-0.1, -0.05) is 12.1 Å². The average molecular weight is 424 g/mol. The van der Waals surface area contributed by atoms with Gasteiger partial charge in [0.15, 0.2) is 6.04 Å². The van der Waals surface area contributed by atoms with Crippen LogP contribution < -0.4 is 9.80 Å². The number of aryl methyl sites for hydroxylation is 1. The molecule has 2 heterocycles. The molecule has 1 atom stereocenters. The minimum absolute atomic E-state index is 0.0458. The van der Waals surface area contributed by atoms with E-state index in [1.807, 2.05) is 16.8 Å². The quantitative estimate of drug-likeness (QED) is 0.701. The Balaban J connectivity index is 1.64. The Morgan fingerprint density at radius 2 is 1.68 bits per heavy atom. The summed E-state index contributed by atoms with van der Waals surface area (Å²) in [6, 6.07) is 13.3. The van der Waals surface area contributed by atoms with E-state index in [2.05, 4.69) is 73.2 Å². The van der Waals surface area contributed by atoms with Gasteiger partial charge in [0.2, 0.25) is 5.82 Å². The molecule has 1 fully saturated rings. The first-order valence-electron chi connectivity index (χ1n) is 11.0. The third-order valence-electron chi connectivity index (χ3n) is 6.32. The van der Waals surface area contributed by atoms with Crippen LogP contribution in [-0.4, -0.2) is 46.4 Å². The number of benzene rings is 2. The highest BCUT2D eigenvalue weighted by atomic mass is 19.1. The molecule has 7 heteroatoms. The van der Waals surface area contributed by atoms with E-state index in [1.54, 1.807) is 0 Å². The highest BCUT2D eigenvalue weighted by Crippen LogP contribution is 2.25. The Labute approximate surface area is 183 Å². The molecule has 0 aliphatic carbocycles. The van der Waals surface area contributed by atoms with Crippen molar-refractivity contribution >= 4 is 5.69 Å². The second-order valence-electron chi connectivity index (χ2n) is 9.47. The summed E-state index contributed by atoms with van der Waals surface area (Å²) in [5.41, 5.74) is 4.78. The maximum Gasteiger partial charge on any atom is 0.214 e. The SMILES string of the molecule is Cc1cccc(N2CC[NH+]([C@@H](c3ccc(F)cc3)c3nnnn3C(C)(C)C)CC2)c1C. The Kier molecular flexibility index (Phi) is 5.79. The topological polar surface area (TPSA) is 51.3 Å². The molecule has 0 amide bonds. The van der Waals surface area contributed by atoms with E-state index in [0.29, 0.717) is 0 Å². The van der Waals surface area contributed by atoms with Crippen LogP contribution >= 0.6 is 0 Å². The molecule has 0 radical (unpaired) electrons. The first-order valence-corrected chi connectivity index (χ1v) is 11.0. The number of nitrogens with one attached hydrogen (secondary N) is 1. The molecule has 1 aliphatic rings. The predicted octanol–water partition coefficient (Wildman–Crippen LogP) is 2.68. The highest BCUT2D eigenvalue weighted by molar-refractivity contribution is 5.56. The van der Waals surface area contributed by atoms with Crippen LogP contribution in [0.4, 0.5) is 10.1 Å². The molecule has 1 aliphatic heterocycles. The fourth-order valence-electron chi connectivity index (χ4n) is 4.48. The normalized spacial score (nSPS) is 16.5. The first-order chi connectivity index (χ1) is 14.8. The van der Waals surface area contributed by atoms with Crippen molar-refractivity contribution in [3.8, 4) is 0 Å². The molecule has 164 valence electrons. The lowest BCUT2D eigenvalue weighted by atomic mass is 10.0. The van der Waals surface area contributed by atoms with Gasteiger partial charge in [0, 0.05) is 11.3 Å². The summed E-state index contributed by atoms with van der Waals surface area (Å²) < 4.78 is 15.6. The Bertz CT molecular complexity index is 1030. The molecule has 0 spiro atoms. The van der Waals surface area contributed by atoms with E-state index < -0.39 is 0 Å². The van der Waals surface area contributed by atoms with E-state index in [1.165, 1.54) is 33.8 Å². The number of quaternary nitrogens is 1. The fourth-order valence-corrected chi connectivity index (χ4v) is 4.48. The monoisotopic (exact) mass is 423 g/mol. The summed E-state index contributed by atoms with van der Waals surface area (Å²) in [7, 11) is 0. The van der Waals surface area contributed by atoms with Gasteiger partial charge in [-0.3, -0.25) is 0 Å².